The molecule has 0 saturated carbocycles. The molecule has 48 heavy (non-hydrogen) atoms. The Morgan fingerprint density at radius 1 is 0.750 bits per heavy atom. The normalized spacial score (nSPS) is 13.6. The van der Waals surface area contributed by atoms with Crippen molar-refractivity contribution in [3.8, 4) is 11.3 Å². The summed E-state index contributed by atoms with van der Waals surface area (Å²) in [5, 5.41) is 25.8. The average molecular weight is 719 g/mol. The number of rotatable bonds is 4. The Morgan fingerprint density at radius 3 is 1.69 bits per heavy atom. The third kappa shape index (κ3) is 12.3. The van der Waals surface area contributed by atoms with E-state index in [4.69, 9.17) is 29.7 Å². The molecule has 0 aromatic carbocycles. The molecule has 0 unspecified atom stereocenters. The number of carbonyl (C=O) groups is 3. The molecule has 0 bridgehead atoms. The van der Waals surface area contributed by atoms with Crippen molar-refractivity contribution in [1.82, 2.24) is 24.3 Å². The zero-order valence-electron chi connectivity index (χ0n) is 23.9. The molecular formula is C26H23F9N6O6S. The SMILES string of the molecule is O=C(O)C(F)(F)F.O=C(O)C(F)(F)F.O=C(O)C(F)(F)F.c1cc(-c2cnc3c(N4CCN(Cc5ccsc5)CC4)nccn23)ccn1. The third-order valence-corrected chi connectivity index (χ3v) is 6.50. The van der Waals surface area contributed by atoms with Crippen molar-refractivity contribution in [3.05, 3.63) is 65.5 Å². The van der Waals surface area contributed by atoms with Crippen LogP contribution in [0, 0.1) is 0 Å². The summed E-state index contributed by atoms with van der Waals surface area (Å²) < 4.78 is 97.3. The average Bonchev–Trinajstić information content (AvgIpc) is 3.68. The summed E-state index contributed by atoms with van der Waals surface area (Å²) in [6.07, 6.45) is -5.86. The fourth-order valence-corrected chi connectivity index (χ4v) is 4.28. The summed E-state index contributed by atoms with van der Waals surface area (Å²) in [6, 6.07) is 6.23. The van der Waals surface area contributed by atoms with E-state index in [9.17, 15) is 39.5 Å². The van der Waals surface area contributed by atoms with E-state index in [2.05, 4.69) is 46.0 Å². The molecule has 5 heterocycles. The van der Waals surface area contributed by atoms with E-state index in [0.717, 1.165) is 55.4 Å². The van der Waals surface area contributed by atoms with E-state index >= 15 is 0 Å². The molecule has 1 fully saturated rings. The number of thiophene rings is 1. The number of fused-ring (bicyclic) bond motifs is 1. The van der Waals surface area contributed by atoms with E-state index < -0.39 is 36.4 Å². The van der Waals surface area contributed by atoms with Gasteiger partial charge in [-0.15, -0.1) is 0 Å². The van der Waals surface area contributed by atoms with Gasteiger partial charge in [-0.05, 0) is 34.5 Å². The van der Waals surface area contributed by atoms with E-state index in [0.29, 0.717) is 0 Å². The first kappa shape index (κ1) is 39.2. The second kappa shape index (κ2) is 16.7. The molecule has 0 amide bonds. The van der Waals surface area contributed by atoms with E-state index in [1.165, 1.54) is 5.56 Å². The van der Waals surface area contributed by atoms with E-state index in [1.54, 1.807) is 11.3 Å². The zero-order chi connectivity index (χ0) is 36.3. The Balaban J connectivity index is 0.000000313. The number of nitrogens with zero attached hydrogens (tertiary/aromatic N) is 6. The molecule has 1 aliphatic rings. The van der Waals surface area contributed by atoms with Crippen molar-refractivity contribution in [2.24, 2.45) is 0 Å². The van der Waals surface area contributed by atoms with Gasteiger partial charge in [-0.3, -0.25) is 14.3 Å². The topological polar surface area (TPSA) is 161 Å². The van der Waals surface area contributed by atoms with Crippen molar-refractivity contribution in [3.63, 3.8) is 0 Å². The van der Waals surface area contributed by atoms with Crippen molar-refractivity contribution in [2.45, 2.75) is 25.1 Å². The van der Waals surface area contributed by atoms with Crippen molar-refractivity contribution < 1.29 is 69.2 Å². The van der Waals surface area contributed by atoms with Crippen LogP contribution in [-0.4, -0.2) is 102 Å². The lowest BCUT2D eigenvalue weighted by molar-refractivity contribution is -0.193. The predicted molar refractivity (Wildman–Crippen MR) is 149 cm³/mol. The summed E-state index contributed by atoms with van der Waals surface area (Å²) in [5.41, 5.74) is 4.49. The Morgan fingerprint density at radius 2 is 1.25 bits per heavy atom. The standard InChI is InChI=1S/C20H20N6S.3C2HF3O2/c1-4-21-5-2-17(1)18-13-23-20-19(22-6-7-26(18)20)25-10-8-24(9-11-25)14-16-3-12-27-15-16;3*3-2(4,5)1(6)7/h1-7,12-13,15H,8-11,14H2;3*(H,6,7). The number of hydrogen-bond donors (Lipinski definition) is 3. The van der Waals surface area contributed by atoms with Crippen LogP contribution in [0.15, 0.2) is 59.9 Å². The number of carboxylic acid groups (broad SMARTS) is 3. The maximum Gasteiger partial charge on any atom is 0.490 e. The number of piperazine rings is 1. The maximum absolute atomic E-state index is 10.6. The van der Waals surface area contributed by atoms with Gasteiger partial charge < -0.3 is 20.2 Å². The monoisotopic (exact) mass is 718 g/mol. The van der Waals surface area contributed by atoms with Crippen molar-refractivity contribution in [2.75, 3.05) is 31.1 Å². The zero-order valence-corrected chi connectivity index (χ0v) is 24.7. The highest BCUT2D eigenvalue weighted by molar-refractivity contribution is 7.07. The Bertz CT molecular complexity index is 1570. The number of hydrogen-bond acceptors (Lipinski definition) is 9. The number of alkyl halides is 9. The van der Waals surface area contributed by atoms with Gasteiger partial charge in [-0.2, -0.15) is 50.9 Å². The smallest absolute Gasteiger partial charge is 0.475 e. The van der Waals surface area contributed by atoms with Crippen molar-refractivity contribution >= 4 is 40.7 Å². The highest BCUT2D eigenvalue weighted by Gasteiger charge is 2.39. The predicted octanol–water partition coefficient (Wildman–Crippen LogP) is 5.07. The van der Waals surface area contributed by atoms with Crippen LogP contribution in [0.3, 0.4) is 0 Å². The minimum atomic E-state index is -5.08. The van der Waals surface area contributed by atoms with Gasteiger partial charge in [-0.25, -0.2) is 24.4 Å². The first-order valence-electron chi connectivity index (χ1n) is 12.8. The van der Waals surface area contributed by atoms with Gasteiger partial charge in [0, 0.05) is 63.1 Å². The first-order chi connectivity index (χ1) is 22.2. The van der Waals surface area contributed by atoms with Crippen LogP contribution in [0.1, 0.15) is 5.56 Å². The molecule has 5 rings (SSSR count). The second-order valence-electron chi connectivity index (χ2n) is 9.13. The molecule has 4 aromatic rings. The van der Waals surface area contributed by atoms with Crippen LogP contribution in [-0.2, 0) is 20.9 Å². The molecule has 1 aliphatic heterocycles. The van der Waals surface area contributed by atoms with Gasteiger partial charge >= 0.3 is 36.4 Å². The molecule has 0 atom stereocenters. The Kier molecular flexibility index (Phi) is 13.6. The second-order valence-corrected chi connectivity index (χ2v) is 9.91. The highest BCUT2D eigenvalue weighted by atomic mass is 32.1. The molecule has 4 aromatic heterocycles. The third-order valence-electron chi connectivity index (χ3n) is 5.77. The molecule has 0 spiro atoms. The number of anilines is 1. The molecular weight excluding hydrogens is 695 g/mol. The van der Waals surface area contributed by atoms with Gasteiger partial charge in [0.25, 0.3) is 0 Å². The van der Waals surface area contributed by atoms with Crippen LogP contribution in [0.5, 0.6) is 0 Å². The largest absolute Gasteiger partial charge is 0.490 e. The number of carboxylic acids is 3. The molecule has 22 heteroatoms. The molecule has 12 nitrogen and oxygen atoms in total. The lowest BCUT2D eigenvalue weighted by atomic mass is 10.2. The van der Waals surface area contributed by atoms with Gasteiger partial charge in [0.2, 0.25) is 0 Å². The Hall–Kier alpha value is -4.99. The van der Waals surface area contributed by atoms with Crippen LogP contribution in [0.25, 0.3) is 16.9 Å². The maximum atomic E-state index is 10.6. The Labute approximate surface area is 267 Å². The van der Waals surface area contributed by atoms with Gasteiger partial charge in [0.1, 0.15) is 0 Å². The van der Waals surface area contributed by atoms with E-state index in [-0.39, 0.29) is 0 Å². The minimum absolute atomic E-state index is 0.913. The number of aromatic nitrogens is 4. The lowest BCUT2D eigenvalue weighted by Crippen LogP contribution is -2.46. The van der Waals surface area contributed by atoms with Crippen molar-refractivity contribution in [1.29, 1.82) is 0 Å². The quantitative estimate of drug-likeness (QED) is 0.242. The van der Waals surface area contributed by atoms with Gasteiger partial charge in [-0.1, -0.05) is 0 Å². The minimum Gasteiger partial charge on any atom is -0.475 e. The fraction of sp³-hybridized carbons (Fsp3) is 0.308. The highest BCUT2D eigenvalue weighted by Crippen LogP contribution is 2.26. The lowest BCUT2D eigenvalue weighted by Gasteiger charge is -2.35. The van der Waals surface area contributed by atoms with Gasteiger partial charge in [0.15, 0.2) is 11.5 Å². The summed E-state index contributed by atoms with van der Waals surface area (Å²) in [4.78, 5) is 45.0. The first-order valence-corrected chi connectivity index (χ1v) is 13.8. The number of halogens is 9. The molecule has 3 N–H and O–H groups in total. The number of pyridine rings is 1. The van der Waals surface area contributed by atoms with Crippen LogP contribution >= 0.6 is 11.3 Å². The molecule has 0 aliphatic carbocycles. The van der Waals surface area contributed by atoms with Crippen LogP contribution < -0.4 is 4.90 Å². The molecule has 262 valence electrons. The summed E-state index contributed by atoms with van der Waals surface area (Å²) in [5.74, 6) is -7.31. The molecule has 0 radical (unpaired) electrons. The number of imidazole rings is 1. The summed E-state index contributed by atoms with van der Waals surface area (Å²) in [7, 11) is 0. The fourth-order valence-electron chi connectivity index (χ4n) is 3.62. The number of aliphatic carboxylic acids is 3. The molecule has 1 saturated heterocycles. The summed E-state index contributed by atoms with van der Waals surface area (Å²) in [6.45, 7) is 5.04. The van der Waals surface area contributed by atoms with E-state index in [1.807, 2.05) is 43.1 Å². The van der Waals surface area contributed by atoms with Gasteiger partial charge in [0.05, 0.1) is 11.9 Å². The van der Waals surface area contributed by atoms with Crippen LogP contribution in [0.4, 0.5) is 45.3 Å². The summed E-state index contributed by atoms with van der Waals surface area (Å²) >= 11 is 1.77. The van der Waals surface area contributed by atoms with Crippen LogP contribution in [0.2, 0.25) is 0 Å².